The first-order valence-corrected chi connectivity index (χ1v) is 6.35. The van der Waals surface area contributed by atoms with Crippen molar-refractivity contribution in [2.45, 2.75) is 13.8 Å². The number of hydrogen-bond donors (Lipinski definition) is 0. The predicted octanol–water partition coefficient (Wildman–Crippen LogP) is 4.44. The molecule has 3 heteroatoms. The fraction of sp³-hybridized carbons (Fsp3) is 0.133. The van der Waals surface area contributed by atoms with Gasteiger partial charge in [-0.15, -0.1) is 0 Å². The maximum Gasteiger partial charge on any atom is 0.193 e. The summed E-state index contributed by atoms with van der Waals surface area (Å²) in [6.45, 7) is 3.63. The second-order valence-corrected chi connectivity index (χ2v) is 5.16. The monoisotopic (exact) mass is 306 g/mol. The molecule has 0 amide bonds. The highest BCUT2D eigenvalue weighted by Gasteiger charge is 2.14. The fourth-order valence-electron chi connectivity index (χ4n) is 1.87. The number of halogens is 2. The van der Waals surface area contributed by atoms with Crippen molar-refractivity contribution >= 4 is 21.7 Å². The van der Waals surface area contributed by atoms with E-state index in [-0.39, 0.29) is 11.6 Å². The third-order valence-corrected chi connectivity index (χ3v) is 3.37. The molecule has 0 aromatic heterocycles. The number of rotatable bonds is 2. The molecule has 0 aliphatic rings. The van der Waals surface area contributed by atoms with Gasteiger partial charge in [0.25, 0.3) is 0 Å². The van der Waals surface area contributed by atoms with E-state index in [0.717, 1.165) is 10.0 Å². The number of carbonyl (C=O) groups excluding carboxylic acids is 1. The lowest BCUT2D eigenvalue weighted by Crippen LogP contribution is -2.06. The van der Waals surface area contributed by atoms with Crippen molar-refractivity contribution in [1.82, 2.24) is 0 Å². The molecule has 0 atom stereocenters. The maximum absolute atomic E-state index is 13.0. The topological polar surface area (TPSA) is 17.1 Å². The van der Waals surface area contributed by atoms with Gasteiger partial charge in [-0.3, -0.25) is 4.79 Å². The Bertz CT molecular complexity index is 620. The standard InChI is InChI=1S/C15H12BrFO/c1-9-3-4-11(16)8-14(9)15(18)13-6-5-12(17)7-10(13)2/h3-8H,1-2H3. The molecule has 0 saturated carbocycles. The Morgan fingerprint density at radius 1 is 1.00 bits per heavy atom. The first-order valence-electron chi connectivity index (χ1n) is 5.56. The Balaban J connectivity index is 2.51. The van der Waals surface area contributed by atoms with E-state index >= 15 is 0 Å². The van der Waals surface area contributed by atoms with Crippen LogP contribution in [0.4, 0.5) is 4.39 Å². The molecule has 0 aliphatic heterocycles. The summed E-state index contributed by atoms with van der Waals surface area (Å²) in [7, 11) is 0. The van der Waals surface area contributed by atoms with Crippen LogP contribution < -0.4 is 0 Å². The molecule has 0 radical (unpaired) electrons. The highest BCUT2D eigenvalue weighted by molar-refractivity contribution is 9.10. The van der Waals surface area contributed by atoms with E-state index in [1.807, 2.05) is 19.1 Å². The molecule has 2 aromatic rings. The second kappa shape index (κ2) is 5.02. The van der Waals surface area contributed by atoms with Gasteiger partial charge in [-0.2, -0.15) is 0 Å². The molecule has 2 rings (SSSR count). The number of ketones is 1. The molecule has 0 heterocycles. The quantitative estimate of drug-likeness (QED) is 0.750. The van der Waals surface area contributed by atoms with Gasteiger partial charge in [0.1, 0.15) is 5.82 Å². The summed E-state index contributed by atoms with van der Waals surface area (Å²) in [5, 5.41) is 0. The summed E-state index contributed by atoms with van der Waals surface area (Å²) in [5.41, 5.74) is 2.74. The van der Waals surface area contributed by atoms with E-state index in [1.54, 1.807) is 13.0 Å². The summed E-state index contributed by atoms with van der Waals surface area (Å²) in [6, 6.07) is 9.79. The normalized spacial score (nSPS) is 10.4. The lowest BCUT2D eigenvalue weighted by molar-refractivity contribution is 0.103. The average molecular weight is 307 g/mol. The maximum atomic E-state index is 13.0. The van der Waals surface area contributed by atoms with Gasteiger partial charge in [-0.1, -0.05) is 22.0 Å². The van der Waals surface area contributed by atoms with Crippen LogP contribution in [0.5, 0.6) is 0 Å². The molecule has 1 nitrogen and oxygen atoms in total. The van der Waals surface area contributed by atoms with E-state index in [2.05, 4.69) is 15.9 Å². The zero-order valence-corrected chi connectivity index (χ0v) is 11.7. The minimum absolute atomic E-state index is 0.0775. The molecule has 0 N–H and O–H groups in total. The van der Waals surface area contributed by atoms with Crippen LogP contribution in [-0.4, -0.2) is 5.78 Å². The minimum Gasteiger partial charge on any atom is -0.289 e. The second-order valence-electron chi connectivity index (χ2n) is 4.25. The van der Waals surface area contributed by atoms with Crippen LogP contribution >= 0.6 is 15.9 Å². The fourth-order valence-corrected chi connectivity index (χ4v) is 2.23. The summed E-state index contributed by atoms with van der Waals surface area (Å²) in [4.78, 5) is 12.4. The number of benzene rings is 2. The first-order chi connectivity index (χ1) is 8.49. The van der Waals surface area contributed by atoms with Crippen LogP contribution in [0, 0.1) is 19.7 Å². The highest BCUT2D eigenvalue weighted by Crippen LogP contribution is 2.21. The van der Waals surface area contributed by atoms with Gasteiger partial charge in [0.05, 0.1) is 0 Å². The largest absolute Gasteiger partial charge is 0.289 e. The molecule has 0 spiro atoms. The van der Waals surface area contributed by atoms with Gasteiger partial charge in [0.2, 0.25) is 0 Å². The van der Waals surface area contributed by atoms with Crippen LogP contribution in [-0.2, 0) is 0 Å². The van der Waals surface area contributed by atoms with E-state index in [1.165, 1.54) is 18.2 Å². The number of carbonyl (C=O) groups is 1. The van der Waals surface area contributed by atoms with E-state index in [4.69, 9.17) is 0 Å². The molecule has 0 saturated heterocycles. The van der Waals surface area contributed by atoms with Crippen LogP contribution in [0.15, 0.2) is 40.9 Å². The molecule has 0 fully saturated rings. The Hall–Kier alpha value is -1.48. The molecular weight excluding hydrogens is 295 g/mol. The Morgan fingerprint density at radius 3 is 2.39 bits per heavy atom. The van der Waals surface area contributed by atoms with Crippen molar-refractivity contribution < 1.29 is 9.18 Å². The molecule has 0 bridgehead atoms. The van der Waals surface area contributed by atoms with Crippen LogP contribution in [0.3, 0.4) is 0 Å². The Labute approximate surface area is 114 Å². The smallest absolute Gasteiger partial charge is 0.193 e. The van der Waals surface area contributed by atoms with Crippen LogP contribution in [0.1, 0.15) is 27.0 Å². The molecule has 18 heavy (non-hydrogen) atoms. The highest BCUT2D eigenvalue weighted by atomic mass is 79.9. The van der Waals surface area contributed by atoms with Crippen molar-refractivity contribution in [3.63, 3.8) is 0 Å². The summed E-state index contributed by atoms with van der Waals surface area (Å²) in [6.07, 6.45) is 0. The summed E-state index contributed by atoms with van der Waals surface area (Å²) in [5.74, 6) is -0.402. The molecule has 0 unspecified atom stereocenters. The molecule has 92 valence electrons. The van der Waals surface area contributed by atoms with Crippen LogP contribution in [0.2, 0.25) is 0 Å². The Morgan fingerprint density at radius 2 is 1.72 bits per heavy atom. The van der Waals surface area contributed by atoms with E-state index in [9.17, 15) is 9.18 Å². The van der Waals surface area contributed by atoms with Gasteiger partial charge in [0.15, 0.2) is 5.78 Å². The first kappa shape index (κ1) is 13.0. The zero-order chi connectivity index (χ0) is 13.3. The van der Waals surface area contributed by atoms with Crippen LogP contribution in [0.25, 0.3) is 0 Å². The SMILES string of the molecule is Cc1cc(F)ccc1C(=O)c1cc(Br)ccc1C. The van der Waals surface area contributed by atoms with Crippen molar-refractivity contribution in [3.05, 3.63) is 68.9 Å². The van der Waals surface area contributed by atoms with E-state index in [0.29, 0.717) is 16.7 Å². The van der Waals surface area contributed by atoms with Gasteiger partial charge >= 0.3 is 0 Å². The minimum atomic E-state index is -0.324. The third kappa shape index (κ3) is 2.51. The van der Waals surface area contributed by atoms with Crippen molar-refractivity contribution in [2.24, 2.45) is 0 Å². The molecule has 2 aromatic carbocycles. The van der Waals surface area contributed by atoms with Crippen molar-refractivity contribution in [1.29, 1.82) is 0 Å². The molecular formula is C15H12BrFO. The lowest BCUT2D eigenvalue weighted by Gasteiger charge is -2.08. The van der Waals surface area contributed by atoms with Crippen molar-refractivity contribution in [2.75, 3.05) is 0 Å². The number of hydrogen-bond acceptors (Lipinski definition) is 1. The van der Waals surface area contributed by atoms with Gasteiger partial charge in [-0.05, 0) is 55.3 Å². The zero-order valence-electron chi connectivity index (χ0n) is 10.1. The Kier molecular flexibility index (Phi) is 3.62. The lowest BCUT2D eigenvalue weighted by atomic mass is 9.96. The third-order valence-electron chi connectivity index (χ3n) is 2.88. The van der Waals surface area contributed by atoms with Gasteiger partial charge in [-0.25, -0.2) is 4.39 Å². The van der Waals surface area contributed by atoms with Gasteiger partial charge in [0, 0.05) is 15.6 Å². The van der Waals surface area contributed by atoms with Gasteiger partial charge < -0.3 is 0 Å². The average Bonchev–Trinajstić information content (AvgIpc) is 2.31. The predicted molar refractivity (Wildman–Crippen MR) is 73.4 cm³/mol. The van der Waals surface area contributed by atoms with E-state index < -0.39 is 0 Å². The molecule has 0 aliphatic carbocycles. The summed E-state index contributed by atoms with van der Waals surface area (Å²) < 4.78 is 13.9. The number of aryl methyl sites for hydroxylation is 2. The van der Waals surface area contributed by atoms with Crippen molar-refractivity contribution in [3.8, 4) is 0 Å². The summed E-state index contributed by atoms with van der Waals surface area (Å²) >= 11 is 3.36.